The number of aromatic nitrogens is 2. The fraction of sp³-hybridized carbons (Fsp3) is 0.630. The lowest BCUT2D eigenvalue weighted by Crippen LogP contribution is -2.41. The molecule has 2 heterocycles. The van der Waals surface area contributed by atoms with Crippen molar-refractivity contribution < 1.29 is 9.47 Å². The number of anilines is 2. The first-order valence-electron chi connectivity index (χ1n) is 13.1. The van der Waals surface area contributed by atoms with Crippen molar-refractivity contribution in [1.82, 2.24) is 9.78 Å². The van der Waals surface area contributed by atoms with Crippen molar-refractivity contribution in [2.75, 3.05) is 37.1 Å². The Morgan fingerprint density at radius 1 is 1.11 bits per heavy atom. The van der Waals surface area contributed by atoms with Gasteiger partial charge in [0.15, 0.2) is 0 Å². The molecule has 1 aromatic carbocycles. The van der Waals surface area contributed by atoms with Crippen molar-refractivity contribution in [3.05, 3.63) is 51.9 Å². The van der Waals surface area contributed by atoms with Crippen molar-refractivity contribution in [2.45, 2.75) is 69.7 Å². The highest BCUT2D eigenvalue weighted by Gasteiger charge is 2.36. The molecule has 2 aromatic rings. The third kappa shape index (κ3) is 5.84. The zero-order valence-electron chi connectivity index (χ0n) is 20.6. The normalized spacial score (nSPS) is 26.9. The molecule has 0 unspecified atom stereocenters. The molecule has 3 fully saturated rings. The van der Waals surface area contributed by atoms with Gasteiger partial charge in [-0.25, -0.2) is 4.68 Å². The van der Waals surface area contributed by atoms with E-state index < -0.39 is 0 Å². The zero-order valence-corrected chi connectivity index (χ0v) is 21.3. The summed E-state index contributed by atoms with van der Waals surface area (Å²) in [5.74, 6) is 0.665. The van der Waals surface area contributed by atoms with Gasteiger partial charge in [0.05, 0.1) is 24.6 Å². The summed E-state index contributed by atoms with van der Waals surface area (Å²) in [6.07, 6.45) is 9.83. The minimum Gasteiger partial charge on any atom is -0.382 e. The van der Waals surface area contributed by atoms with Gasteiger partial charge in [-0.15, -0.1) is 0 Å². The van der Waals surface area contributed by atoms with Crippen LogP contribution in [0.1, 0.15) is 44.9 Å². The Kier molecular flexibility index (Phi) is 7.95. The summed E-state index contributed by atoms with van der Waals surface area (Å²) in [7, 11) is 1.73. The molecule has 2 aliphatic carbocycles. The first-order valence-corrected chi connectivity index (χ1v) is 13.4. The average Bonchev–Trinajstić information content (AvgIpc) is 3.73. The second-order valence-corrected chi connectivity index (χ2v) is 10.7. The molecule has 1 aliphatic heterocycles. The molecule has 0 spiro atoms. The molecular weight excluding hydrogens is 464 g/mol. The van der Waals surface area contributed by atoms with Gasteiger partial charge in [-0.2, -0.15) is 5.10 Å². The van der Waals surface area contributed by atoms with Crippen LogP contribution in [0.2, 0.25) is 5.02 Å². The van der Waals surface area contributed by atoms with Crippen molar-refractivity contribution in [3.8, 4) is 0 Å². The molecule has 190 valence electrons. The van der Waals surface area contributed by atoms with E-state index in [0.29, 0.717) is 43.4 Å². The van der Waals surface area contributed by atoms with Crippen LogP contribution in [0.15, 0.2) is 41.3 Å². The number of hydrogen-bond donors (Lipinski definition) is 1. The van der Waals surface area contributed by atoms with E-state index in [1.54, 1.807) is 18.0 Å². The number of benzene rings is 1. The second-order valence-electron chi connectivity index (χ2n) is 10.3. The van der Waals surface area contributed by atoms with Gasteiger partial charge in [-0.3, -0.25) is 4.79 Å². The third-order valence-corrected chi connectivity index (χ3v) is 8.25. The predicted octanol–water partition coefficient (Wildman–Crippen LogP) is 4.59. The average molecular weight is 501 g/mol. The van der Waals surface area contributed by atoms with E-state index in [1.165, 1.54) is 18.5 Å². The molecular formula is C27H37ClN4O3. The van der Waals surface area contributed by atoms with Crippen molar-refractivity contribution in [3.63, 3.8) is 0 Å². The fourth-order valence-corrected chi connectivity index (χ4v) is 5.97. The number of rotatable bonds is 9. The highest BCUT2D eigenvalue weighted by atomic mass is 35.5. The number of ether oxygens (including phenoxy) is 2. The second kappa shape index (κ2) is 11.3. The van der Waals surface area contributed by atoms with Crippen LogP contribution in [0.25, 0.3) is 0 Å². The Morgan fingerprint density at radius 2 is 1.83 bits per heavy atom. The molecule has 3 aliphatic rings. The number of para-hydroxylation sites is 1. The van der Waals surface area contributed by atoms with Crippen LogP contribution < -0.4 is 15.8 Å². The van der Waals surface area contributed by atoms with Crippen LogP contribution in [0.4, 0.5) is 11.4 Å². The molecule has 1 N–H and O–H groups in total. The summed E-state index contributed by atoms with van der Waals surface area (Å²) in [5, 5.41) is 7.97. The Balaban J connectivity index is 1.17. The summed E-state index contributed by atoms with van der Waals surface area (Å²) in [6, 6.07) is 12.1. The highest BCUT2D eigenvalue weighted by molar-refractivity contribution is 6.32. The van der Waals surface area contributed by atoms with E-state index in [4.69, 9.17) is 21.1 Å². The van der Waals surface area contributed by atoms with E-state index in [1.807, 2.05) is 0 Å². The summed E-state index contributed by atoms with van der Waals surface area (Å²) in [6.45, 7) is 2.62. The smallest absolute Gasteiger partial charge is 0.287 e. The lowest BCUT2D eigenvalue weighted by atomic mass is 9.85. The molecule has 1 saturated heterocycles. The monoisotopic (exact) mass is 500 g/mol. The van der Waals surface area contributed by atoms with Crippen LogP contribution >= 0.6 is 11.6 Å². The van der Waals surface area contributed by atoms with Crippen LogP contribution in [0.3, 0.4) is 0 Å². The number of nitrogens with zero attached hydrogens (tertiary/aromatic N) is 3. The standard InChI is InChI=1S/C27H37ClN4O3/c1-34-25-13-14-35-18-20(25)15-29-24-16-30-31(27(33)26(24)28)17-19-7-9-22(10-8-19)32(23-11-12-23)21-5-3-2-4-6-21/h2-6,16,19-20,22-23,25,29H,7-15,17-18H2,1H3/t19?,20-,22?,25-/m1/s1. The van der Waals surface area contributed by atoms with E-state index >= 15 is 0 Å². The van der Waals surface area contributed by atoms with Gasteiger partial charge < -0.3 is 19.7 Å². The van der Waals surface area contributed by atoms with E-state index in [-0.39, 0.29) is 22.6 Å². The molecule has 0 radical (unpaired) electrons. The Morgan fingerprint density at radius 3 is 2.51 bits per heavy atom. The summed E-state index contributed by atoms with van der Waals surface area (Å²) >= 11 is 6.47. The van der Waals surface area contributed by atoms with E-state index in [2.05, 4.69) is 45.6 Å². The van der Waals surface area contributed by atoms with Gasteiger partial charge in [0, 0.05) is 50.5 Å². The minimum atomic E-state index is -0.217. The van der Waals surface area contributed by atoms with E-state index in [9.17, 15) is 4.79 Å². The maximum Gasteiger partial charge on any atom is 0.287 e. The van der Waals surface area contributed by atoms with Crippen LogP contribution in [0, 0.1) is 11.8 Å². The molecule has 8 heteroatoms. The summed E-state index contributed by atoms with van der Waals surface area (Å²) in [5.41, 5.74) is 1.72. The topological polar surface area (TPSA) is 68.6 Å². The molecule has 7 nitrogen and oxygen atoms in total. The molecule has 0 bridgehead atoms. The number of nitrogens with one attached hydrogen (secondary N) is 1. The largest absolute Gasteiger partial charge is 0.382 e. The van der Waals surface area contributed by atoms with Crippen LogP contribution in [-0.4, -0.2) is 54.8 Å². The molecule has 0 amide bonds. The zero-order chi connectivity index (χ0) is 24.2. The number of methoxy groups -OCH3 is 1. The first kappa shape index (κ1) is 24.6. The quantitative estimate of drug-likeness (QED) is 0.543. The molecule has 5 rings (SSSR count). The van der Waals surface area contributed by atoms with E-state index in [0.717, 1.165) is 38.7 Å². The summed E-state index contributed by atoms with van der Waals surface area (Å²) < 4.78 is 12.7. The van der Waals surface area contributed by atoms with Gasteiger partial charge >= 0.3 is 0 Å². The fourth-order valence-electron chi connectivity index (χ4n) is 5.76. The Hall–Kier alpha value is -2.09. The lowest BCUT2D eigenvalue weighted by Gasteiger charge is -2.38. The number of halogens is 1. The highest BCUT2D eigenvalue weighted by Crippen LogP contribution is 2.38. The minimum absolute atomic E-state index is 0.149. The van der Waals surface area contributed by atoms with Gasteiger partial charge in [0.25, 0.3) is 5.56 Å². The first-order chi connectivity index (χ1) is 17.1. The van der Waals surface area contributed by atoms with Crippen LogP contribution in [0.5, 0.6) is 0 Å². The van der Waals surface area contributed by atoms with Gasteiger partial charge in [-0.05, 0) is 63.0 Å². The Bertz CT molecular complexity index is 1020. The van der Waals surface area contributed by atoms with Crippen molar-refractivity contribution in [1.29, 1.82) is 0 Å². The maximum atomic E-state index is 13.0. The van der Waals surface area contributed by atoms with Crippen molar-refractivity contribution >= 4 is 23.0 Å². The van der Waals surface area contributed by atoms with Gasteiger partial charge in [-0.1, -0.05) is 29.8 Å². The summed E-state index contributed by atoms with van der Waals surface area (Å²) in [4.78, 5) is 15.6. The molecule has 1 aromatic heterocycles. The lowest BCUT2D eigenvalue weighted by molar-refractivity contribution is -0.0512. The molecule has 35 heavy (non-hydrogen) atoms. The van der Waals surface area contributed by atoms with Crippen LogP contribution in [-0.2, 0) is 16.0 Å². The number of hydrogen-bond acceptors (Lipinski definition) is 6. The third-order valence-electron chi connectivity index (χ3n) is 7.88. The maximum absolute atomic E-state index is 13.0. The SMILES string of the molecule is CO[C@@H]1CCOC[C@H]1CNc1cnn(CC2CCC(N(c3ccccc3)C3CC3)CC2)c(=O)c1Cl. The Labute approximate surface area is 212 Å². The molecule has 2 saturated carbocycles. The predicted molar refractivity (Wildman–Crippen MR) is 139 cm³/mol. The van der Waals surface area contributed by atoms with Gasteiger partial charge in [0.1, 0.15) is 5.02 Å². The molecule has 2 atom stereocenters. The van der Waals surface area contributed by atoms with Gasteiger partial charge in [0.2, 0.25) is 0 Å². The van der Waals surface area contributed by atoms with Crippen molar-refractivity contribution in [2.24, 2.45) is 11.8 Å².